The van der Waals surface area contributed by atoms with E-state index in [1.165, 1.54) is 6.07 Å². The molecule has 7 nitrogen and oxygen atoms in total. The van der Waals surface area contributed by atoms with Crippen LogP contribution in [0.2, 0.25) is 0 Å². The molecule has 8 heteroatoms. The summed E-state index contributed by atoms with van der Waals surface area (Å²) in [5.74, 6) is 0.337. The van der Waals surface area contributed by atoms with Crippen molar-refractivity contribution in [3.05, 3.63) is 150 Å². The lowest BCUT2D eigenvalue weighted by Gasteiger charge is -2.46. The SMILES string of the molecule is COc1ccc(NS(=O)(=O)c2ccc3c(c2)C(=O)N(c2ccc(C)cc2)[C@H](c2ccccc2)N3Cc2ccccc2)cc1. The third-order valence-corrected chi connectivity index (χ3v) is 8.90. The molecular formula is C35H31N3O4S. The molecule has 0 spiro atoms. The van der Waals surface area contributed by atoms with Gasteiger partial charge in [0.1, 0.15) is 11.9 Å². The van der Waals surface area contributed by atoms with Gasteiger partial charge in [-0.25, -0.2) is 8.42 Å². The van der Waals surface area contributed by atoms with Gasteiger partial charge in [-0.1, -0.05) is 78.4 Å². The summed E-state index contributed by atoms with van der Waals surface area (Å²) in [5.41, 5.74) is 5.15. The molecule has 0 bridgehead atoms. The van der Waals surface area contributed by atoms with Gasteiger partial charge < -0.3 is 9.64 Å². The first-order valence-electron chi connectivity index (χ1n) is 13.9. The maximum Gasteiger partial charge on any atom is 0.262 e. The molecule has 0 radical (unpaired) electrons. The number of fused-ring (bicyclic) bond motifs is 1. The highest BCUT2D eigenvalue weighted by Crippen LogP contribution is 2.43. The minimum absolute atomic E-state index is 0.00269. The summed E-state index contributed by atoms with van der Waals surface area (Å²) >= 11 is 0. The second-order valence-corrected chi connectivity index (χ2v) is 12.1. The van der Waals surface area contributed by atoms with Crippen molar-refractivity contribution in [1.82, 2.24) is 0 Å². The monoisotopic (exact) mass is 589 g/mol. The fraction of sp³-hybridized carbons (Fsp3) is 0.114. The Kier molecular flexibility index (Phi) is 7.61. The van der Waals surface area contributed by atoms with Crippen LogP contribution in [0.15, 0.2) is 132 Å². The Balaban J connectivity index is 1.49. The van der Waals surface area contributed by atoms with Gasteiger partial charge in [0.25, 0.3) is 15.9 Å². The van der Waals surface area contributed by atoms with Gasteiger partial charge in [-0.2, -0.15) is 0 Å². The van der Waals surface area contributed by atoms with Crippen molar-refractivity contribution in [3.8, 4) is 5.75 Å². The molecule has 0 unspecified atom stereocenters. The zero-order chi connectivity index (χ0) is 30.0. The average Bonchev–Trinajstić information content (AvgIpc) is 3.03. The standard InChI is InChI=1S/C35H31N3O4S/c1-25-13-17-29(18-14-25)38-34(27-11-7-4-8-12-27)37(24-26-9-5-3-6-10-26)33-22-21-31(23-32(33)35(38)39)43(40,41)36-28-15-19-30(42-2)20-16-28/h3-23,34,36H,24H2,1-2H3/t34-/m1/s1. The topological polar surface area (TPSA) is 78.9 Å². The van der Waals surface area contributed by atoms with Crippen molar-refractivity contribution in [2.45, 2.75) is 24.5 Å². The van der Waals surface area contributed by atoms with Crippen LogP contribution in [0.3, 0.4) is 0 Å². The molecule has 1 amide bonds. The van der Waals surface area contributed by atoms with Crippen molar-refractivity contribution in [1.29, 1.82) is 0 Å². The average molecular weight is 590 g/mol. The first kappa shape index (κ1) is 28.1. The normalized spacial score (nSPS) is 14.7. The second kappa shape index (κ2) is 11.7. The second-order valence-electron chi connectivity index (χ2n) is 10.4. The predicted molar refractivity (Wildman–Crippen MR) is 170 cm³/mol. The molecule has 1 heterocycles. The van der Waals surface area contributed by atoms with E-state index in [4.69, 9.17) is 4.74 Å². The summed E-state index contributed by atoms with van der Waals surface area (Å²) in [6, 6.07) is 39.1. The van der Waals surface area contributed by atoms with Crippen molar-refractivity contribution < 1.29 is 17.9 Å². The fourth-order valence-electron chi connectivity index (χ4n) is 5.36. The molecular weight excluding hydrogens is 558 g/mol. The molecule has 1 atom stereocenters. The summed E-state index contributed by atoms with van der Waals surface area (Å²) in [5, 5.41) is 0. The van der Waals surface area contributed by atoms with Gasteiger partial charge in [-0.15, -0.1) is 0 Å². The summed E-state index contributed by atoms with van der Waals surface area (Å²) < 4.78 is 34.8. The minimum Gasteiger partial charge on any atom is -0.497 e. The summed E-state index contributed by atoms with van der Waals surface area (Å²) in [4.78, 5) is 18.4. The Morgan fingerprint density at radius 2 is 1.44 bits per heavy atom. The quantitative estimate of drug-likeness (QED) is 0.208. The van der Waals surface area contributed by atoms with E-state index >= 15 is 0 Å². The van der Waals surface area contributed by atoms with Crippen LogP contribution in [0.4, 0.5) is 17.1 Å². The van der Waals surface area contributed by atoms with Gasteiger partial charge in [-0.3, -0.25) is 14.4 Å². The Labute approximate surface area is 252 Å². The maximum atomic E-state index is 14.5. The van der Waals surface area contributed by atoms with Crippen LogP contribution in [0.25, 0.3) is 0 Å². The molecule has 0 saturated carbocycles. The number of nitrogens with zero attached hydrogens (tertiary/aromatic N) is 2. The van der Waals surface area contributed by atoms with E-state index in [1.807, 2.05) is 91.9 Å². The van der Waals surface area contributed by atoms with Gasteiger partial charge in [0, 0.05) is 17.9 Å². The molecule has 6 rings (SSSR count). The van der Waals surface area contributed by atoms with Crippen LogP contribution >= 0.6 is 0 Å². The molecule has 1 aliphatic heterocycles. The number of benzene rings is 5. The number of hydrogen-bond acceptors (Lipinski definition) is 5. The highest BCUT2D eigenvalue weighted by molar-refractivity contribution is 7.92. The number of hydrogen-bond donors (Lipinski definition) is 1. The molecule has 43 heavy (non-hydrogen) atoms. The summed E-state index contributed by atoms with van der Waals surface area (Å²) in [6.07, 6.45) is -0.469. The number of carbonyl (C=O) groups is 1. The van der Waals surface area contributed by atoms with Gasteiger partial charge in [0.2, 0.25) is 0 Å². The van der Waals surface area contributed by atoms with E-state index in [0.29, 0.717) is 29.2 Å². The van der Waals surface area contributed by atoms with E-state index in [9.17, 15) is 13.2 Å². The number of nitrogens with one attached hydrogen (secondary N) is 1. The third kappa shape index (κ3) is 5.69. The first-order valence-corrected chi connectivity index (χ1v) is 15.4. The molecule has 0 aromatic heterocycles. The largest absolute Gasteiger partial charge is 0.497 e. The summed E-state index contributed by atoms with van der Waals surface area (Å²) in [6.45, 7) is 2.50. The molecule has 5 aromatic carbocycles. The van der Waals surface area contributed by atoms with Crippen LogP contribution in [-0.2, 0) is 16.6 Å². The Morgan fingerprint density at radius 3 is 2.09 bits per heavy atom. The molecule has 0 saturated heterocycles. The van der Waals surface area contributed by atoms with E-state index in [1.54, 1.807) is 48.4 Å². The lowest BCUT2D eigenvalue weighted by atomic mass is 9.99. The number of anilines is 3. The number of ether oxygens (including phenoxy) is 1. The Bertz CT molecular complexity index is 1840. The van der Waals surface area contributed by atoms with Crippen molar-refractivity contribution in [2.24, 2.45) is 0 Å². The van der Waals surface area contributed by atoms with Crippen molar-refractivity contribution in [2.75, 3.05) is 21.6 Å². The van der Waals surface area contributed by atoms with Crippen LogP contribution in [-0.4, -0.2) is 21.4 Å². The number of aryl methyl sites for hydroxylation is 1. The lowest BCUT2D eigenvalue weighted by Crippen LogP contribution is -2.49. The smallest absolute Gasteiger partial charge is 0.262 e. The maximum absolute atomic E-state index is 14.5. The number of amides is 1. The van der Waals surface area contributed by atoms with Crippen LogP contribution in [0, 0.1) is 6.92 Å². The van der Waals surface area contributed by atoms with Gasteiger partial charge in [0.15, 0.2) is 0 Å². The molecule has 1 N–H and O–H groups in total. The molecule has 0 fully saturated rings. The molecule has 0 aliphatic carbocycles. The highest BCUT2D eigenvalue weighted by Gasteiger charge is 2.40. The van der Waals surface area contributed by atoms with E-state index < -0.39 is 16.2 Å². The first-order chi connectivity index (χ1) is 20.8. The predicted octanol–water partition coefficient (Wildman–Crippen LogP) is 7.17. The Hall–Kier alpha value is -5.08. The lowest BCUT2D eigenvalue weighted by molar-refractivity contribution is 0.0968. The van der Waals surface area contributed by atoms with E-state index in [-0.39, 0.29) is 10.8 Å². The molecule has 5 aromatic rings. The van der Waals surface area contributed by atoms with E-state index in [2.05, 4.69) is 9.62 Å². The summed E-state index contributed by atoms with van der Waals surface area (Å²) in [7, 11) is -2.45. The number of methoxy groups -OCH3 is 1. The fourth-order valence-corrected chi connectivity index (χ4v) is 6.44. The third-order valence-electron chi connectivity index (χ3n) is 7.52. The van der Waals surface area contributed by atoms with Gasteiger partial charge >= 0.3 is 0 Å². The molecule has 216 valence electrons. The van der Waals surface area contributed by atoms with Crippen LogP contribution in [0.5, 0.6) is 5.75 Å². The van der Waals surface area contributed by atoms with Crippen LogP contribution < -0.4 is 19.3 Å². The number of rotatable bonds is 8. The van der Waals surface area contributed by atoms with Crippen molar-refractivity contribution >= 4 is 33.0 Å². The van der Waals surface area contributed by atoms with E-state index in [0.717, 1.165) is 22.4 Å². The van der Waals surface area contributed by atoms with Crippen molar-refractivity contribution in [3.63, 3.8) is 0 Å². The Morgan fingerprint density at radius 1 is 0.791 bits per heavy atom. The van der Waals surface area contributed by atoms with Gasteiger partial charge in [0.05, 0.1) is 23.3 Å². The van der Waals surface area contributed by atoms with Gasteiger partial charge in [-0.05, 0) is 72.6 Å². The van der Waals surface area contributed by atoms with Crippen LogP contribution in [0.1, 0.15) is 33.2 Å². The minimum atomic E-state index is -4.00. The number of carbonyl (C=O) groups excluding carboxylic acids is 1. The molecule has 1 aliphatic rings. The zero-order valence-corrected chi connectivity index (χ0v) is 24.7. The number of sulfonamides is 1. The zero-order valence-electron chi connectivity index (χ0n) is 23.8. The highest BCUT2D eigenvalue weighted by atomic mass is 32.2.